The van der Waals surface area contributed by atoms with Crippen LogP contribution in [0.3, 0.4) is 0 Å². The largest absolute Gasteiger partial charge is 0.496 e. The van der Waals surface area contributed by atoms with Crippen molar-refractivity contribution in [2.24, 2.45) is 0 Å². The minimum atomic E-state index is -0.451. The highest BCUT2D eigenvalue weighted by molar-refractivity contribution is 5.95. The second kappa shape index (κ2) is 11.6. The van der Waals surface area contributed by atoms with Gasteiger partial charge in [-0.3, -0.25) is 14.5 Å². The lowest BCUT2D eigenvalue weighted by Gasteiger charge is -2.20. The fourth-order valence-electron chi connectivity index (χ4n) is 4.46. The molecule has 1 aliphatic heterocycles. The van der Waals surface area contributed by atoms with Crippen molar-refractivity contribution in [2.45, 2.75) is 18.5 Å². The second-order valence-corrected chi connectivity index (χ2v) is 8.63. The third kappa shape index (κ3) is 5.98. The van der Waals surface area contributed by atoms with Crippen LogP contribution in [-0.2, 0) is 9.53 Å². The molecular weight excluding hydrogens is 459 g/mol. The molecule has 1 aliphatic rings. The molecule has 0 spiro atoms. The van der Waals surface area contributed by atoms with Gasteiger partial charge in [0.2, 0.25) is 0 Å². The standard InChI is InChI=1S/C29H29FN2O4/c1-35-27-11-4-3-7-21(27)10-6-16-32-19-25(18-26(32)29(34)36-2)31-28(33)23-9-5-8-22(17-23)20-12-14-24(30)15-13-20/h3-15,17,25-26H,16,18-19H2,1-2H3,(H,31,33)/t25-,26+/m1/s1. The lowest BCUT2D eigenvalue weighted by Crippen LogP contribution is -2.38. The van der Waals surface area contributed by atoms with Crippen molar-refractivity contribution in [3.8, 4) is 16.9 Å². The zero-order valence-electron chi connectivity index (χ0n) is 20.3. The van der Waals surface area contributed by atoms with Gasteiger partial charge in [0.05, 0.1) is 14.2 Å². The first-order valence-corrected chi connectivity index (χ1v) is 11.8. The monoisotopic (exact) mass is 488 g/mol. The normalized spacial score (nSPS) is 17.8. The maximum atomic E-state index is 13.3. The summed E-state index contributed by atoms with van der Waals surface area (Å²) in [6.07, 6.45) is 4.39. The van der Waals surface area contributed by atoms with E-state index in [1.54, 1.807) is 37.4 Å². The first-order valence-electron chi connectivity index (χ1n) is 11.8. The Kier molecular flexibility index (Phi) is 8.13. The van der Waals surface area contributed by atoms with Crippen LogP contribution in [0.5, 0.6) is 5.75 Å². The van der Waals surface area contributed by atoms with Crippen molar-refractivity contribution in [3.05, 3.63) is 95.8 Å². The van der Waals surface area contributed by atoms with E-state index in [9.17, 15) is 14.0 Å². The Morgan fingerprint density at radius 1 is 1.03 bits per heavy atom. The maximum Gasteiger partial charge on any atom is 0.323 e. The number of hydrogen-bond acceptors (Lipinski definition) is 5. The first-order chi connectivity index (χ1) is 17.5. The molecule has 1 fully saturated rings. The smallest absolute Gasteiger partial charge is 0.323 e. The summed E-state index contributed by atoms with van der Waals surface area (Å²) in [5.74, 6) is -0.0845. The Hall–Kier alpha value is -3.97. The lowest BCUT2D eigenvalue weighted by atomic mass is 10.0. The molecule has 7 heteroatoms. The molecule has 0 unspecified atom stereocenters. The topological polar surface area (TPSA) is 67.9 Å². The Balaban J connectivity index is 1.43. The van der Waals surface area contributed by atoms with Crippen LogP contribution >= 0.6 is 0 Å². The molecule has 4 rings (SSSR count). The van der Waals surface area contributed by atoms with Crippen molar-refractivity contribution < 1.29 is 23.5 Å². The van der Waals surface area contributed by atoms with Crippen molar-refractivity contribution >= 4 is 18.0 Å². The number of methoxy groups -OCH3 is 2. The Labute approximate surface area is 210 Å². The number of halogens is 1. The number of rotatable bonds is 8. The third-order valence-electron chi connectivity index (χ3n) is 6.29. The molecule has 6 nitrogen and oxygen atoms in total. The lowest BCUT2D eigenvalue weighted by molar-refractivity contribution is -0.145. The van der Waals surface area contributed by atoms with Crippen molar-refractivity contribution in [1.82, 2.24) is 10.2 Å². The fraction of sp³-hybridized carbons (Fsp3) is 0.241. The van der Waals surface area contributed by atoms with Gasteiger partial charge in [0.15, 0.2) is 0 Å². The quantitative estimate of drug-likeness (QED) is 0.471. The van der Waals surface area contributed by atoms with Gasteiger partial charge in [-0.25, -0.2) is 4.39 Å². The van der Waals surface area contributed by atoms with Gasteiger partial charge in [-0.1, -0.05) is 54.6 Å². The molecule has 1 heterocycles. The van der Waals surface area contributed by atoms with E-state index in [2.05, 4.69) is 5.32 Å². The van der Waals surface area contributed by atoms with Gasteiger partial charge in [0, 0.05) is 30.3 Å². The van der Waals surface area contributed by atoms with Gasteiger partial charge < -0.3 is 14.8 Å². The number of likely N-dealkylation sites (tertiary alicyclic amines) is 1. The van der Waals surface area contributed by atoms with E-state index in [0.29, 0.717) is 25.1 Å². The Bertz CT molecular complexity index is 1240. The summed E-state index contributed by atoms with van der Waals surface area (Å²) in [6, 6.07) is 20.4. The molecule has 0 aliphatic carbocycles. The molecule has 36 heavy (non-hydrogen) atoms. The molecule has 2 atom stereocenters. The predicted octanol–water partition coefficient (Wildman–Crippen LogP) is 4.56. The zero-order chi connectivity index (χ0) is 25.5. The van der Waals surface area contributed by atoms with Crippen LogP contribution in [0.15, 0.2) is 78.9 Å². The highest BCUT2D eigenvalue weighted by Crippen LogP contribution is 2.23. The van der Waals surface area contributed by atoms with E-state index in [1.807, 2.05) is 47.4 Å². The average Bonchev–Trinajstić information content (AvgIpc) is 3.31. The zero-order valence-corrected chi connectivity index (χ0v) is 20.3. The number of carbonyl (C=O) groups excluding carboxylic acids is 2. The Morgan fingerprint density at radius 3 is 2.56 bits per heavy atom. The van der Waals surface area contributed by atoms with Crippen LogP contribution in [0.1, 0.15) is 22.3 Å². The van der Waals surface area contributed by atoms with Gasteiger partial charge in [-0.2, -0.15) is 0 Å². The summed E-state index contributed by atoms with van der Waals surface area (Å²) in [7, 11) is 3.00. The highest BCUT2D eigenvalue weighted by Gasteiger charge is 2.37. The summed E-state index contributed by atoms with van der Waals surface area (Å²) in [6.45, 7) is 1.03. The highest BCUT2D eigenvalue weighted by atomic mass is 19.1. The van der Waals surface area contributed by atoms with Gasteiger partial charge in [0.1, 0.15) is 17.6 Å². The van der Waals surface area contributed by atoms with Crippen LogP contribution in [0.2, 0.25) is 0 Å². The number of ether oxygens (including phenoxy) is 2. The van der Waals surface area contributed by atoms with Gasteiger partial charge in [0.25, 0.3) is 5.91 Å². The van der Waals surface area contributed by atoms with Gasteiger partial charge >= 0.3 is 5.97 Å². The summed E-state index contributed by atoms with van der Waals surface area (Å²) in [4.78, 5) is 27.5. The van der Waals surface area contributed by atoms with Crippen molar-refractivity contribution in [3.63, 3.8) is 0 Å². The Morgan fingerprint density at radius 2 is 1.81 bits per heavy atom. The van der Waals surface area contributed by atoms with E-state index < -0.39 is 6.04 Å². The molecule has 1 N–H and O–H groups in total. The number of carbonyl (C=O) groups is 2. The SMILES string of the molecule is COC(=O)[C@@H]1C[C@@H](NC(=O)c2cccc(-c3ccc(F)cc3)c2)CN1CC=Cc1ccccc1OC. The van der Waals surface area contributed by atoms with Crippen molar-refractivity contribution in [2.75, 3.05) is 27.3 Å². The summed E-state index contributed by atoms with van der Waals surface area (Å²) < 4.78 is 23.7. The molecule has 3 aromatic carbocycles. The van der Waals surface area contributed by atoms with E-state index in [4.69, 9.17) is 9.47 Å². The van der Waals surface area contributed by atoms with E-state index >= 15 is 0 Å². The summed E-state index contributed by atoms with van der Waals surface area (Å²) in [5, 5.41) is 3.06. The van der Waals surface area contributed by atoms with E-state index in [1.165, 1.54) is 19.2 Å². The van der Waals surface area contributed by atoms with Crippen LogP contribution in [-0.4, -0.2) is 56.2 Å². The molecule has 0 radical (unpaired) electrons. The minimum Gasteiger partial charge on any atom is -0.496 e. The first kappa shape index (κ1) is 25.1. The number of nitrogens with one attached hydrogen (secondary N) is 1. The number of esters is 1. The maximum absolute atomic E-state index is 13.3. The number of para-hydroxylation sites is 1. The molecule has 3 aromatic rings. The number of amides is 1. The predicted molar refractivity (Wildman–Crippen MR) is 137 cm³/mol. The van der Waals surface area contributed by atoms with E-state index in [0.717, 1.165) is 22.4 Å². The van der Waals surface area contributed by atoms with Crippen molar-refractivity contribution in [1.29, 1.82) is 0 Å². The fourth-order valence-corrected chi connectivity index (χ4v) is 4.46. The van der Waals surface area contributed by atoms with Crippen LogP contribution < -0.4 is 10.1 Å². The van der Waals surface area contributed by atoms with Crippen LogP contribution in [0.25, 0.3) is 17.2 Å². The number of benzene rings is 3. The van der Waals surface area contributed by atoms with Gasteiger partial charge in [-0.05, 0) is 47.9 Å². The minimum absolute atomic E-state index is 0.212. The molecule has 1 amide bonds. The molecule has 1 saturated heterocycles. The number of nitrogens with zero attached hydrogens (tertiary/aromatic N) is 1. The molecule has 0 saturated carbocycles. The molecule has 186 valence electrons. The third-order valence-corrected chi connectivity index (χ3v) is 6.29. The van der Waals surface area contributed by atoms with Gasteiger partial charge in [-0.15, -0.1) is 0 Å². The summed E-state index contributed by atoms with van der Waals surface area (Å²) in [5.41, 5.74) is 3.09. The molecule has 0 bridgehead atoms. The summed E-state index contributed by atoms with van der Waals surface area (Å²) >= 11 is 0. The van der Waals surface area contributed by atoms with Crippen LogP contribution in [0.4, 0.5) is 4.39 Å². The average molecular weight is 489 g/mol. The molecule has 0 aromatic heterocycles. The van der Waals surface area contributed by atoms with E-state index in [-0.39, 0.29) is 23.7 Å². The number of hydrogen-bond donors (Lipinski definition) is 1. The second-order valence-electron chi connectivity index (χ2n) is 8.63. The molecular formula is C29H29FN2O4. The van der Waals surface area contributed by atoms with Crippen LogP contribution in [0, 0.1) is 5.82 Å².